The van der Waals surface area contributed by atoms with Crippen molar-refractivity contribution < 1.29 is 14.3 Å². The van der Waals surface area contributed by atoms with Gasteiger partial charge < -0.3 is 14.8 Å². The van der Waals surface area contributed by atoms with Crippen molar-refractivity contribution >= 4 is 11.6 Å². The van der Waals surface area contributed by atoms with E-state index in [4.69, 9.17) is 9.47 Å². The average Bonchev–Trinajstić information content (AvgIpc) is 3.47. The monoisotopic (exact) mass is 340 g/mol. The van der Waals surface area contributed by atoms with Crippen LogP contribution >= 0.6 is 0 Å². The Bertz CT molecular complexity index is 711. The van der Waals surface area contributed by atoms with Gasteiger partial charge in [-0.2, -0.15) is 0 Å². The first-order valence-electron chi connectivity index (χ1n) is 8.49. The van der Waals surface area contributed by atoms with E-state index in [1.807, 2.05) is 48.5 Å². The lowest BCUT2D eigenvalue weighted by Crippen LogP contribution is -2.34. The second-order valence-electron chi connectivity index (χ2n) is 6.23. The Morgan fingerprint density at radius 2 is 1.80 bits per heavy atom. The lowest BCUT2D eigenvalue weighted by atomic mass is 10.2. The third-order valence-corrected chi connectivity index (χ3v) is 4.34. The summed E-state index contributed by atoms with van der Waals surface area (Å²) in [6, 6.07) is 15.9. The highest BCUT2D eigenvalue weighted by molar-refractivity contribution is 5.93. The summed E-state index contributed by atoms with van der Waals surface area (Å²) >= 11 is 0. The molecule has 2 aromatic rings. The van der Waals surface area contributed by atoms with Crippen molar-refractivity contribution in [3.8, 4) is 11.5 Å². The number of benzene rings is 2. The van der Waals surface area contributed by atoms with Crippen LogP contribution in [0, 0.1) is 0 Å². The van der Waals surface area contributed by atoms with Crippen molar-refractivity contribution in [1.82, 2.24) is 4.90 Å². The van der Waals surface area contributed by atoms with Crippen molar-refractivity contribution in [3.05, 3.63) is 54.1 Å². The fourth-order valence-electron chi connectivity index (χ4n) is 2.84. The van der Waals surface area contributed by atoms with Crippen LogP contribution in [0.1, 0.15) is 18.4 Å². The van der Waals surface area contributed by atoms with E-state index < -0.39 is 0 Å². The van der Waals surface area contributed by atoms with Gasteiger partial charge in [-0.15, -0.1) is 0 Å². The molecule has 2 aromatic carbocycles. The normalized spacial score (nSPS) is 13.6. The number of ether oxygens (including phenoxy) is 2. The number of hydrogen-bond donors (Lipinski definition) is 1. The van der Waals surface area contributed by atoms with E-state index >= 15 is 0 Å². The van der Waals surface area contributed by atoms with E-state index in [-0.39, 0.29) is 5.91 Å². The summed E-state index contributed by atoms with van der Waals surface area (Å²) in [6.45, 7) is 1.13. The minimum absolute atomic E-state index is 0.0232. The van der Waals surface area contributed by atoms with E-state index in [1.54, 1.807) is 14.2 Å². The van der Waals surface area contributed by atoms with E-state index in [0.717, 1.165) is 25.1 Å². The van der Waals surface area contributed by atoms with E-state index in [0.29, 0.717) is 24.0 Å². The molecule has 25 heavy (non-hydrogen) atoms. The van der Waals surface area contributed by atoms with Crippen LogP contribution in [0.25, 0.3) is 0 Å². The van der Waals surface area contributed by atoms with Crippen LogP contribution < -0.4 is 14.8 Å². The van der Waals surface area contributed by atoms with E-state index in [2.05, 4.69) is 10.2 Å². The molecule has 3 rings (SSSR count). The van der Waals surface area contributed by atoms with Gasteiger partial charge >= 0.3 is 0 Å². The molecule has 1 amide bonds. The smallest absolute Gasteiger partial charge is 0.238 e. The highest BCUT2D eigenvalue weighted by Gasteiger charge is 2.30. The summed E-state index contributed by atoms with van der Waals surface area (Å²) in [5, 5.41) is 2.95. The average molecular weight is 340 g/mol. The third kappa shape index (κ3) is 4.73. The van der Waals surface area contributed by atoms with Gasteiger partial charge in [0.05, 0.1) is 26.5 Å². The Hall–Kier alpha value is -2.53. The van der Waals surface area contributed by atoms with Gasteiger partial charge in [0.1, 0.15) is 11.5 Å². The van der Waals surface area contributed by atoms with Crippen LogP contribution in [-0.4, -0.2) is 37.6 Å². The molecule has 0 saturated heterocycles. The summed E-state index contributed by atoms with van der Waals surface area (Å²) in [4.78, 5) is 14.7. The first kappa shape index (κ1) is 17.3. The number of nitrogens with one attached hydrogen (secondary N) is 1. The van der Waals surface area contributed by atoms with Crippen LogP contribution in [0.4, 0.5) is 5.69 Å². The number of hydrogen-bond acceptors (Lipinski definition) is 4. The molecule has 1 aliphatic carbocycles. The minimum Gasteiger partial charge on any atom is -0.497 e. The van der Waals surface area contributed by atoms with E-state index in [9.17, 15) is 4.79 Å². The molecule has 5 nitrogen and oxygen atoms in total. The van der Waals surface area contributed by atoms with Crippen molar-refractivity contribution in [1.29, 1.82) is 0 Å². The number of nitrogens with zero attached hydrogens (tertiary/aromatic N) is 1. The number of methoxy groups -OCH3 is 2. The van der Waals surface area contributed by atoms with Gasteiger partial charge in [-0.1, -0.05) is 24.3 Å². The van der Waals surface area contributed by atoms with Crippen LogP contribution in [0.3, 0.4) is 0 Å². The van der Waals surface area contributed by atoms with Crippen LogP contribution in [0.5, 0.6) is 11.5 Å². The molecule has 0 bridgehead atoms. The van der Waals surface area contributed by atoms with Crippen LogP contribution in [0.2, 0.25) is 0 Å². The van der Waals surface area contributed by atoms with Gasteiger partial charge in [0.2, 0.25) is 5.91 Å². The summed E-state index contributed by atoms with van der Waals surface area (Å²) in [5.41, 5.74) is 1.88. The van der Waals surface area contributed by atoms with Crippen molar-refractivity contribution in [2.24, 2.45) is 0 Å². The van der Waals surface area contributed by atoms with Crippen LogP contribution in [-0.2, 0) is 11.3 Å². The third-order valence-electron chi connectivity index (χ3n) is 4.34. The van der Waals surface area contributed by atoms with Gasteiger partial charge in [-0.05, 0) is 42.7 Å². The molecular weight excluding hydrogens is 316 g/mol. The van der Waals surface area contributed by atoms with Gasteiger partial charge in [0, 0.05) is 12.6 Å². The first-order chi connectivity index (χ1) is 12.2. The number of rotatable bonds is 8. The molecule has 5 heteroatoms. The summed E-state index contributed by atoms with van der Waals surface area (Å²) in [7, 11) is 3.26. The topological polar surface area (TPSA) is 50.8 Å². The second kappa shape index (κ2) is 8.03. The molecule has 0 unspecified atom stereocenters. The number of carbonyl (C=O) groups is 1. The molecule has 1 aliphatic rings. The summed E-state index contributed by atoms with van der Waals surface area (Å²) in [6.07, 6.45) is 2.30. The van der Waals surface area contributed by atoms with Crippen LogP contribution in [0.15, 0.2) is 48.5 Å². The molecule has 1 fully saturated rings. The Balaban J connectivity index is 1.62. The van der Waals surface area contributed by atoms with Gasteiger partial charge in [0.25, 0.3) is 0 Å². The maximum atomic E-state index is 12.5. The fourth-order valence-corrected chi connectivity index (χ4v) is 2.84. The van der Waals surface area contributed by atoms with Crippen molar-refractivity contribution in [2.45, 2.75) is 25.4 Å². The standard InChI is InChI=1S/C20H24N2O3/c1-24-17-11-7-15(8-12-17)13-22(16-9-10-16)14-20(23)21-18-5-3-4-6-19(18)25-2/h3-8,11-12,16H,9-10,13-14H2,1-2H3,(H,21,23). The summed E-state index contributed by atoms with van der Waals surface area (Å²) in [5.74, 6) is 1.49. The number of anilines is 1. The largest absolute Gasteiger partial charge is 0.497 e. The molecule has 0 radical (unpaired) electrons. The molecule has 0 atom stereocenters. The molecule has 0 heterocycles. The van der Waals surface area contributed by atoms with Crippen molar-refractivity contribution in [2.75, 3.05) is 26.1 Å². The lowest BCUT2D eigenvalue weighted by Gasteiger charge is -2.22. The predicted octanol–water partition coefficient (Wildman–Crippen LogP) is 3.31. The Morgan fingerprint density at radius 3 is 2.44 bits per heavy atom. The van der Waals surface area contributed by atoms with Gasteiger partial charge in [-0.25, -0.2) is 0 Å². The highest BCUT2D eigenvalue weighted by atomic mass is 16.5. The van der Waals surface area contributed by atoms with Gasteiger partial charge in [0.15, 0.2) is 0 Å². The second-order valence-corrected chi connectivity index (χ2v) is 6.23. The van der Waals surface area contributed by atoms with Crippen molar-refractivity contribution in [3.63, 3.8) is 0 Å². The minimum atomic E-state index is -0.0232. The number of carbonyl (C=O) groups excluding carboxylic acids is 1. The quantitative estimate of drug-likeness (QED) is 0.801. The fraction of sp³-hybridized carbons (Fsp3) is 0.350. The zero-order valence-electron chi connectivity index (χ0n) is 14.7. The number of para-hydroxylation sites is 2. The Labute approximate surface area is 148 Å². The molecule has 0 aliphatic heterocycles. The van der Waals surface area contributed by atoms with E-state index in [1.165, 1.54) is 5.56 Å². The Kier molecular flexibility index (Phi) is 5.56. The molecule has 132 valence electrons. The SMILES string of the molecule is COc1ccc(CN(CC(=O)Nc2ccccc2OC)C2CC2)cc1. The zero-order valence-corrected chi connectivity index (χ0v) is 14.7. The maximum absolute atomic E-state index is 12.5. The lowest BCUT2D eigenvalue weighted by molar-refractivity contribution is -0.117. The molecule has 1 saturated carbocycles. The van der Waals surface area contributed by atoms with Gasteiger partial charge in [-0.3, -0.25) is 9.69 Å². The molecular formula is C20H24N2O3. The Morgan fingerprint density at radius 1 is 1.08 bits per heavy atom. The predicted molar refractivity (Wildman–Crippen MR) is 98.0 cm³/mol. The zero-order chi connectivity index (χ0) is 17.6. The molecule has 1 N–H and O–H groups in total. The summed E-state index contributed by atoms with van der Waals surface area (Å²) < 4.78 is 10.5. The molecule has 0 aromatic heterocycles. The first-order valence-corrected chi connectivity index (χ1v) is 8.49. The molecule has 0 spiro atoms. The highest BCUT2D eigenvalue weighted by Crippen LogP contribution is 2.29. The number of amides is 1. The maximum Gasteiger partial charge on any atom is 0.238 e.